The van der Waals surface area contributed by atoms with Gasteiger partial charge in [-0.25, -0.2) is 0 Å². The molecule has 0 radical (unpaired) electrons. The van der Waals surface area contributed by atoms with Crippen LogP contribution in [0.15, 0.2) is 0 Å². The second kappa shape index (κ2) is 7.48. The van der Waals surface area contributed by atoms with Gasteiger partial charge < -0.3 is 15.5 Å². The van der Waals surface area contributed by atoms with Crippen LogP contribution in [0.3, 0.4) is 0 Å². The first kappa shape index (κ1) is 16.0. The molecule has 0 aromatic rings. The molecule has 1 fully saturated rings. The Morgan fingerprint density at radius 2 is 1.79 bits per heavy atom. The van der Waals surface area contributed by atoms with Crippen molar-refractivity contribution in [2.75, 3.05) is 19.6 Å². The van der Waals surface area contributed by atoms with Crippen molar-refractivity contribution in [2.45, 2.75) is 52.6 Å². The minimum Gasteiger partial charge on any atom is -0.354 e. The lowest BCUT2D eigenvalue weighted by atomic mass is 10.0. The molecule has 1 rings (SSSR count). The molecule has 1 heterocycles. The monoisotopic (exact) mass is 269 g/mol. The van der Waals surface area contributed by atoms with Gasteiger partial charge in [0.25, 0.3) is 0 Å². The van der Waals surface area contributed by atoms with E-state index in [0.29, 0.717) is 18.5 Å². The fourth-order valence-corrected chi connectivity index (χ4v) is 2.25. The summed E-state index contributed by atoms with van der Waals surface area (Å²) in [7, 11) is 0. The van der Waals surface area contributed by atoms with Crippen molar-refractivity contribution in [3.05, 3.63) is 0 Å². The lowest BCUT2D eigenvalue weighted by Gasteiger charge is -2.33. The van der Waals surface area contributed by atoms with Crippen molar-refractivity contribution in [3.63, 3.8) is 0 Å². The number of nitrogens with one attached hydrogen (secondary N) is 2. The van der Waals surface area contributed by atoms with E-state index in [1.54, 1.807) is 6.92 Å². The molecule has 0 aliphatic carbocycles. The molecular weight excluding hydrogens is 242 g/mol. The molecule has 0 spiro atoms. The zero-order valence-electron chi connectivity index (χ0n) is 12.5. The van der Waals surface area contributed by atoms with Gasteiger partial charge in [0.2, 0.25) is 11.8 Å². The first-order chi connectivity index (χ1) is 8.90. The molecule has 1 saturated heterocycles. The maximum atomic E-state index is 11.9. The number of carbonyl (C=O) groups is 2. The Morgan fingerprint density at radius 3 is 2.26 bits per heavy atom. The van der Waals surface area contributed by atoms with Gasteiger partial charge in [-0.1, -0.05) is 13.8 Å². The van der Waals surface area contributed by atoms with Gasteiger partial charge in [-0.3, -0.25) is 9.59 Å². The van der Waals surface area contributed by atoms with Crippen LogP contribution in [-0.4, -0.2) is 48.4 Å². The minimum absolute atomic E-state index is 0.0581. The Balaban J connectivity index is 2.28. The zero-order valence-corrected chi connectivity index (χ0v) is 12.5. The van der Waals surface area contributed by atoms with Gasteiger partial charge in [0, 0.05) is 32.6 Å². The largest absolute Gasteiger partial charge is 0.354 e. The van der Waals surface area contributed by atoms with E-state index in [1.807, 2.05) is 11.8 Å². The summed E-state index contributed by atoms with van der Waals surface area (Å²) in [6.45, 7) is 9.95. The normalized spacial score (nSPS) is 18.5. The summed E-state index contributed by atoms with van der Waals surface area (Å²) in [6.07, 6.45) is 1.84. The number of hydrogen-bond donors (Lipinski definition) is 2. The third-order valence-corrected chi connectivity index (χ3v) is 3.50. The third-order valence-electron chi connectivity index (χ3n) is 3.50. The minimum atomic E-state index is -0.173. The Kier molecular flexibility index (Phi) is 6.28. The van der Waals surface area contributed by atoms with Crippen LogP contribution in [0.5, 0.6) is 0 Å². The summed E-state index contributed by atoms with van der Waals surface area (Å²) >= 11 is 0. The maximum absolute atomic E-state index is 11.9. The van der Waals surface area contributed by atoms with Crippen molar-refractivity contribution in [3.8, 4) is 0 Å². The van der Waals surface area contributed by atoms with Crippen LogP contribution in [0.1, 0.15) is 40.5 Å². The van der Waals surface area contributed by atoms with Gasteiger partial charge >= 0.3 is 0 Å². The maximum Gasteiger partial charge on any atom is 0.236 e. The second-order valence-electron chi connectivity index (χ2n) is 5.81. The molecule has 0 aromatic heterocycles. The van der Waals surface area contributed by atoms with Gasteiger partial charge in [0.15, 0.2) is 0 Å². The van der Waals surface area contributed by atoms with Crippen LogP contribution in [-0.2, 0) is 9.59 Å². The summed E-state index contributed by atoms with van der Waals surface area (Å²) in [6, 6.07) is 0.156. The molecule has 1 unspecified atom stereocenters. The van der Waals surface area contributed by atoms with Gasteiger partial charge in [0.1, 0.15) is 0 Å². The summed E-state index contributed by atoms with van der Waals surface area (Å²) < 4.78 is 0. The fourth-order valence-electron chi connectivity index (χ4n) is 2.25. The molecule has 2 amide bonds. The van der Waals surface area contributed by atoms with Crippen LogP contribution in [0.25, 0.3) is 0 Å². The molecule has 1 atom stereocenters. The van der Waals surface area contributed by atoms with E-state index >= 15 is 0 Å². The first-order valence-electron chi connectivity index (χ1n) is 7.19. The van der Waals surface area contributed by atoms with Gasteiger partial charge in [-0.15, -0.1) is 0 Å². The Morgan fingerprint density at radius 1 is 1.21 bits per heavy atom. The highest BCUT2D eigenvalue weighted by Crippen LogP contribution is 2.11. The molecular formula is C14H27N3O2. The van der Waals surface area contributed by atoms with E-state index in [9.17, 15) is 9.59 Å². The predicted molar refractivity (Wildman–Crippen MR) is 75.7 cm³/mol. The van der Waals surface area contributed by atoms with Gasteiger partial charge in [-0.05, 0) is 25.7 Å². The van der Waals surface area contributed by atoms with Crippen LogP contribution >= 0.6 is 0 Å². The number of hydrogen-bond acceptors (Lipinski definition) is 3. The van der Waals surface area contributed by atoms with Crippen LogP contribution in [0.2, 0.25) is 0 Å². The first-order valence-corrected chi connectivity index (χ1v) is 7.19. The highest BCUT2D eigenvalue weighted by molar-refractivity contribution is 5.81. The highest BCUT2D eigenvalue weighted by atomic mass is 16.2. The number of nitrogens with zero attached hydrogens (tertiary/aromatic N) is 1. The standard InChI is InChI=1S/C14H27N3O2/c1-10(2)9-15-14(19)11(3)16-13-5-7-17(8-6-13)12(4)18/h10-11,13,16H,5-9H2,1-4H3,(H,15,19). The number of carbonyl (C=O) groups excluding carboxylic acids is 2. The molecule has 1 aliphatic heterocycles. The van der Waals surface area contributed by atoms with Crippen molar-refractivity contribution in [1.82, 2.24) is 15.5 Å². The molecule has 19 heavy (non-hydrogen) atoms. The van der Waals surface area contributed by atoms with E-state index in [4.69, 9.17) is 0 Å². The number of likely N-dealkylation sites (tertiary alicyclic amines) is 1. The van der Waals surface area contributed by atoms with Crippen LogP contribution in [0.4, 0.5) is 0 Å². The summed E-state index contributed by atoms with van der Waals surface area (Å²) in [5.41, 5.74) is 0. The molecule has 0 bridgehead atoms. The number of amides is 2. The smallest absolute Gasteiger partial charge is 0.236 e. The molecule has 1 aliphatic rings. The summed E-state index contributed by atoms with van der Waals surface area (Å²) in [4.78, 5) is 24.9. The van der Waals surface area contributed by atoms with Crippen LogP contribution < -0.4 is 10.6 Å². The van der Waals surface area contributed by atoms with E-state index in [-0.39, 0.29) is 17.9 Å². The number of rotatable bonds is 5. The molecule has 0 aromatic carbocycles. The molecule has 0 saturated carbocycles. The topological polar surface area (TPSA) is 61.4 Å². The molecule has 110 valence electrons. The van der Waals surface area contributed by atoms with E-state index in [1.165, 1.54) is 0 Å². The summed E-state index contributed by atoms with van der Waals surface area (Å²) in [5, 5.41) is 6.28. The lowest BCUT2D eigenvalue weighted by molar-refractivity contribution is -0.130. The molecule has 5 heteroatoms. The average Bonchev–Trinajstić information content (AvgIpc) is 2.36. The Bertz CT molecular complexity index is 310. The van der Waals surface area contributed by atoms with Gasteiger partial charge in [-0.2, -0.15) is 0 Å². The number of piperidine rings is 1. The van der Waals surface area contributed by atoms with E-state index in [0.717, 1.165) is 25.9 Å². The Hall–Kier alpha value is -1.10. The van der Waals surface area contributed by atoms with Crippen molar-refractivity contribution in [2.24, 2.45) is 5.92 Å². The Labute approximate surface area is 116 Å². The van der Waals surface area contributed by atoms with Crippen molar-refractivity contribution >= 4 is 11.8 Å². The quantitative estimate of drug-likeness (QED) is 0.774. The van der Waals surface area contributed by atoms with Crippen LogP contribution in [0, 0.1) is 5.92 Å². The lowest BCUT2D eigenvalue weighted by Crippen LogP contribution is -2.51. The average molecular weight is 269 g/mol. The van der Waals surface area contributed by atoms with E-state index < -0.39 is 0 Å². The van der Waals surface area contributed by atoms with Crippen molar-refractivity contribution < 1.29 is 9.59 Å². The fraction of sp³-hybridized carbons (Fsp3) is 0.857. The highest BCUT2D eigenvalue weighted by Gasteiger charge is 2.23. The summed E-state index contributed by atoms with van der Waals surface area (Å²) in [5.74, 6) is 0.666. The second-order valence-corrected chi connectivity index (χ2v) is 5.81. The zero-order chi connectivity index (χ0) is 14.4. The molecule has 5 nitrogen and oxygen atoms in total. The molecule has 2 N–H and O–H groups in total. The third kappa shape index (κ3) is 5.59. The van der Waals surface area contributed by atoms with Crippen molar-refractivity contribution in [1.29, 1.82) is 0 Å². The SMILES string of the molecule is CC(=O)N1CCC(NC(C)C(=O)NCC(C)C)CC1. The van der Waals surface area contributed by atoms with Gasteiger partial charge in [0.05, 0.1) is 6.04 Å². The predicted octanol–water partition coefficient (Wildman–Crippen LogP) is 0.748. The van der Waals surface area contributed by atoms with E-state index in [2.05, 4.69) is 24.5 Å².